The molecule has 0 bridgehead atoms. The Hall–Kier alpha value is -2.49. The van der Waals surface area contributed by atoms with Crippen molar-refractivity contribution in [3.8, 4) is 11.5 Å². The third-order valence-electron chi connectivity index (χ3n) is 6.74. The van der Waals surface area contributed by atoms with Gasteiger partial charge in [0.05, 0.1) is 6.26 Å². The van der Waals surface area contributed by atoms with Crippen molar-refractivity contribution in [2.45, 2.75) is 71.4 Å². The molecule has 8 nitrogen and oxygen atoms in total. The van der Waals surface area contributed by atoms with Gasteiger partial charge in [-0.05, 0) is 67.6 Å². The van der Waals surface area contributed by atoms with E-state index in [9.17, 15) is 13.2 Å². The van der Waals surface area contributed by atoms with E-state index in [0.717, 1.165) is 83.3 Å². The first-order chi connectivity index (χ1) is 18.3. The number of likely N-dealkylation sites (tertiary alicyclic amines) is 1. The number of nitrogens with zero attached hydrogens (tertiary/aromatic N) is 2. The molecule has 2 aromatic rings. The van der Waals surface area contributed by atoms with Gasteiger partial charge in [0, 0.05) is 44.5 Å². The molecule has 1 fully saturated rings. The number of urea groups is 1. The molecule has 0 atom stereocenters. The average molecular weight is 581 g/mol. The molecule has 10 heteroatoms. The largest absolute Gasteiger partial charge is 0.457 e. The number of halogens is 1. The number of nitrogens with one attached hydrogen (secondary N) is 2. The van der Waals surface area contributed by atoms with Gasteiger partial charge in [0.25, 0.3) is 0 Å². The van der Waals surface area contributed by atoms with E-state index in [-0.39, 0.29) is 24.5 Å². The summed E-state index contributed by atoms with van der Waals surface area (Å²) < 4.78 is 31.0. The number of hydrogen-bond donors (Lipinski definition) is 2. The fraction of sp³-hybridized carbons (Fsp3) is 0.552. The molecule has 0 radical (unpaired) electrons. The smallest absolute Gasteiger partial charge is 0.317 e. The van der Waals surface area contributed by atoms with Gasteiger partial charge >= 0.3 is 6.03 Å². The van der Waals surface area contributed by atoms with Crippen LogP contribution in [-0.4, -0.2) is 62.7 Å². The van der Waals surface area contributed by atoms with Crippen LogP contribution in [0.15, 0.2) is 48.5 Å². The summed E-state index contributed by atoms with van der Waals surface area (Å²) in [5, 5.41) is 3.29. The summed E-state index contributed by atoms with van der Waals surface area (Å²) >= 11 is 0. The van der Waals surface area contributed by atoms with E-state index in [4.69, 9.17) is 4.74 Å². The second-order valence-corrected chi connectivity index (χ2v) is 11.9. The van der Waals surface area contributed by atoms with Crippen LogP contribution in [0.3, 0.4) is 0 Å². The van der Waals surface area contributed by atoms with E-state index in [1.165, 1.54) is 12.0 Å². The molecule has 1 saturated heterocycles. The molecule has 0 aliphatic carbocycles. The number of amides is 2. The van der Waals surface area contributed by atoms with Crippen molar-refractivity contribution in [2.24, 2.45) is 0 Å². The fourth-order valence-corrected chi connectivity index (χ4v) is 5.14. The monoisotopic (exact) mass is 580 g/mol. The number of benzene rings is 2. The average Bonchev–Trinajstić information content (AvgIpc) is 2.88. The van der Waals surface area contributed by atoms with E-state index in [0.29, 0.717) is 11.4 Å². The summed E-state index contributed by atoms with van der Waals surface area (Å²) in [6, 6.07) is 15.2. The molecular weight excluding hydrogens is 536 g/mol. The lowest BCUT2D eigenvalue weighted by Gasteiger charge is -2.34. The number of anilines is 1. The molecule has 3 rings (SSSR count). The molecule has 39 heavy (non-hydrogen) atoms. The van der Waals surface area contributed by atoms with E-state index in [2.05, 4.69) is 40.9 Å². The summed E-state index contributed by atoms with van der Waals surface area (Å²) in [6.45, 7) is 8.84. The zero-order chi connectivity index (χ0) is 27.4. The van der Waals surface area contributed by atoms with Crippen molar-refractivity contribution in [2.75, 3.05) is 37.2 Å². The summed E-state index contributed by atoms with van der Waals surface area (Å²) in [4.78, 5) is 17.3. The maximum Gasteiger partial charge on any atom is 0.317 e. The van der Waals surface area contributed by atoms with E-state index in [1.54, 1.807) is 24.3 Å². The predicted octanol–water partition coefficient (Wildman–Crippen LogP) is 6.24. The van der Waals surface area contributed by atoms with E-state index < -0.39 is 10.0 Å². The Bertz CT molecular complexity index is 1090. The van der Waals surface area contributed by atoms with Crippen LogP contribution in [-0.2, 0) is 16.6 Å². The molecule has 0 spiro atoms. The number of unbranched alkanes of at least 4 members (excludes halogenated alkanes) is 3. The van der Waals surface area contributed by atoms with Gasteiger partial charge in [-0.1, -0.05) is 45.2 Å². The van der Waals surface area contributed by atoms with Crippen molar-refractivity contribution in [3.05, 3.63) is 54.1 Å². The highest BCUT2D eigenvalue weighted by molar-refractivity contribution is 7.92. The van der Waals surface area contributed by atoms with E-state index >= 15 is 0 Å². The van der Waals surface area contributed by atoms with Gasteiger partial charge in [-0.15, -0.1) is 12.4 Å². The molecule has 0 unspecified atom stereocenters. The lowest BCUT2D eigenvalue weighted by Crippen LogP contribution is -2.49. The number of sulfonamides is 1. The lowest BCUT2D eigenvalue weighted by atomic mass is 10.0. The van der Waals surface area contributed by atoms with Crippen molar-refractivity contribution in [3.63, 3.8) is 0 Å². The Balaban J connectivity index is 0.00000533. The predicted molar refractivity (Wildman–Crippen MR) is 162 cm³/mol. The van der Waals surface area contributed by atoms with Gasteiger partial charge in [-0.3, -0.25) is 9.62 Å². The first kappa shape index (κ1) is 32.7. The minimum absolute atomic E-state index is 0. The maximum absolute atomic E-state index is 12.9. The zero-order valence-corrected chi connectivity index (χ0v) is 25.2. The Labute approximate surface area is 240 Å². The molecule has 0 saturated carbocycles. The first-order valence-electron chi connectivity index (χ1n) is 13.9. The quantitative estimate of drug-likeness (QED) is 0.258. The minimum atomic E-state index is -3.30. The van der Waals surface area contributed by atoms with Gasteiger partial charge in [0.2, 0.25) is 10.0 Å². The molecule has 1 aliphatic heterocycles. The SMILES string of the molecule is CCCCCN(CCCC)C(=O)NC1CCN(Cc2ccc(Oc3ccc(NS(C)(=O)=O)cc3)cc2)CC1.Cl. The van der Waals surface area contributed by atoms with Crippen LogP contribution in [0.25, 0.3) is 0 Å². The lowest BCUT2D eigenvalue weighted by molar-refractivity contribution is 0.167. The van der Waals surface area contributed by atoms with Gasteiger partial charge in [0.1, 0.15) is 11.5 Å². The third kappa shape index (κ3) is 12.1. The summed E-state index contributed by atoms with van der Waals surface area (Å²) in [5.74, 6) is 1.37. The van der Waals surface area contributed by atoms with Crippen molar-refractivity contribution >= 4 is 34.1 Å². The molecule has 218 valence electrons. The second kappa shape index (κ2) is 16.6. The van der Waals surface area contributed by atoms with Crippen molar-refractivity contribution < 1.29 is 17.9 Å². The topological polar surface area (TPSA) is 91.0 Å². The molecular formula is C29H45ClN4O4S. The number of carbonyl (C=O) groups is 1. The van der Waals surface area contributed by atoms with Crippen LogP contribution < -0.4 is 14.8 Å². The minimum Gasteiger partial charge on any atom is -0.457 e. The molecule has 1 heterocycles. The summed E-state index contributed by atoms with van der Waals surface area (Å²) in [7, 11) is -3.30. The van der Waals surface area contributed by atoms with Crippen LogP contribution in [0.1, 0.15) is 64.4 Å². The Kier molecular flexibility index (Phi) is 13.9. The van der Waals surface area contributed by atoms with Gasteiger partial charge in [-0.2, -0.15) is 0 Å². The molecule has 0 aromatic heterocycles. The molecule has 2 N–H and O–H groups in total. The summed E-state index contributed by atoms with van der Waals surface area (Å²) in [5.41, 5.74) is 1.72. The van der Waals surface area contributed by atoms with Crippen LogP contribution in [0.5, 0.6) is 11.5 Å². The third-order valence-corrected chi connectivity index (χ3v) is 7.34. The van der Waals surface area contributed by atoms with Crippen LogP contribution in [0.2, 0.25) is 0 Å². The molecule has 1 aliphatic rings. The number of hydrogen-bond acceptors (Lipinski definition) is 5. The first-order valence-corrected chi connectivity index (χ1v) is 15.8. The Morgan fingerprint density at radius 3 is 2.05 bits per heavy atom. The number of ether oxygens (including phenoxy) is 1. The zero-order valence-electron chi connectivity index (χ0n) is 23.5. The highest BCUT2D eigenvalue weighted by Crippen LogP contribution is 2.24. The number of rotatable bonds is 14. The summed E-state index contributed by atoms with van der Waals surface area (Å²) in [6.07, 6.45) is 8.61. The second-order valence-electron chi connectivity index (χ2n) is 10.2. The molecule has 2 aromatic carbocycles. The van der Waals surface area contributed by atoms with Crippen molar-refractivity contribution in [1.82, 2.24) is 15.1 Å². The number of carbonyl (C=O) groups excluding carboxylic acids is 1. The van der Waals surface area contributed by atoms with Crippen LogP contribution in [0.4, 0.5) is 10.5 Å². The molecule has 2 amide bonds. The standard InChI is InChI=1S/C29H44N4O4S.ClH/c1-4-6-8-20-33(19-7-5-2)29(34)30-25-17-21-32(22-18-25)23-24-9-13-27(14-10-24)37-28-15-11-26(12-16-28)31-38(3,35)36;/h9-16,25,31H,4-8,17-23H2,1-3H3,(H,30,34);1H. The number of piperidine rings is 1. The fourth-order valence-electron chi connectivity index (χ4n) is 4.58. The highest BCUT2D eigenvalue weighted by Gasteiger charge is 2.23. The Morgan fingerprint density at radius 1 is 0.923 bits per heavy atom. The van der Waals surface area contributed by atoms with Crippen molar-refractivity contribution in [1.29, 1.82) is 0 Å². The van der Waals surface area contributed by atoms with Crippen LogP contribution in [0, 0.1) is 0 Å². The highest BCUT2D eigenvalue weighted by atomic mass is 35.5. The van der Waals surface area contributed by atoms with Gasteiger partial charge in [-0.25, -0.2) is 13.2 Å². The normalized spacial score (nSPS) is 14.3. The maximum atomic E-state index is 12.9. The Morgan fingerprint density at radius 2 is 1.49 bits per heavy atom. The van der Waals surface area contributed by atoms with Gasteiger partial charge < -0.3 is 15.0 Å². The van der Waals surface area contributed by atoms with Crippen LogP contribution >= 0.6 is 12.4 Å². The van der Waals surface area contributed by atoms with Gasteiger partial charge in [0.15, 0.2) is 0 Å². The van der Waals surface area contributed by atoms with E-state index in [1.807, 2.05) is 17.0 Å².